The summed E-state index contributed by atoms with van der Waals surface area (Å²) >= 11 is 2.36. The molecule has 0 unspecified atom stereocenters. The maximum atomic E-state index is 13.1. The van der Waals surface area contributed by atoms with Crippen molar-refractivity contribution in [2.75, 3.05) is 18.1 Å². The predicted octanol–water partition coefficient (Wildman–Crippen LogP) is 4.88. The third-order valence-corrected chi connectivity index (χ3v) is 6.85. The van der Waals surface area contributed by atoms with Crippen LogP contribution >= 0.6 is 22.6 Å². The highest BCUT2D eigenvalue weighted by molar-refractivity contribution is 14.1. The Morgan fingerprint density at radius 1 is 1.12 bits per heavy atom. The van der Waals surface area contributed by atoms with Gasteiger partial charge in [0.15, 0.2) is 0 Å². The van der Waals surface area contributed by atoms with Crippen molar-refractivity contribution in [2.45, 2.75) is 36.8 Å². The fourth-order valence-electron chi connectivity index (χ4n) is 4.11. The number of alkyl halides is 1. The standard InChI is InChI=1S/C26H28IN3O2/c1-18-4-5-20(15-28-18)16-29-26(32)23-11-22(21-8-6-19(14-27)7-9-21)12-25(13-23)30-10-2-3-24(30)17-31/h4-9,11-13,15,24,31H,2-3,10,14,16-17H2,1H3,(H,29,32)/t24-/m1/s1. The van der Waals surface area contributed by atoms with Crippen molar-refractivity contribution < 1.29 is 9.90 Å². The zero-order valence-corrected chi connectivity index (χ0v) is 20.4. The van der Waals surface area contributed by atoms with Crippen molar-refractivity contribution in [2.24, 2.45) is 0 Å². The van der Waals surface area contributed by atoms with E-state index in [0.29, 0.717) is 12.1 Å². The summed E-state index contributed by atoms with van der Waals surface area (Å²) in [5, 5.41) is 12.8. The van der Waals surface area contributed by atoms with Gasteiger partial charge in [0, 0.05) is 40.7 Å². The lowest BCUT2D eigenvalue weighted by Gasteiger charge is -2.26. The van der Waals surface area contributed by atoms with Gasteiger partial charge in [0.25, 0.3) is 5.91 Å². The number of rotatable bonds is 7. The summed E-state index contributed by atoms with van der Waals surface area (Å²) in [5.74, 6) is -0.114. The molecule has 1 aliphatic heterocycles. The second kappa shape index (κ2) is 10.4. The Labute approximate surface area is 203 Å². The van der Waals surface area contributed by atoms with Crippen molar-refractivity contribution in [1.82, 2.24) is 10.3 Å². The van der Waals surface area contributed by atoms with Gasteiger partial charge in [0.1, 0.15) is 0 Å². The molecule has 0 saturated carbocycles. The lowest BCUT2D eigenvalue weighted by molar-refractivity contribution is 0.0951. The maximum absolute atomic E-state index is 13.1. The van der Waals surface area contributed by atoms with E-state index in [1.807, 2.05) is 31.2 Å². The van der Waals surface area contributed by atoms with Crippen LogP contribution in [0.4, 0.5) is 5.69 Å². The average molecular weight is 541 g/mol. The summed E-state index contributed by atoms with van der Waals surface area (Å²) in [4.78, 5) is 19.6. The van der Waals surface area contributed by atoms with Crippen LogP contribution in [0, 0.1) is 6.92 Å². The van der Waals surface area contributed by atoms with Crippen LogP contribution in [0.3, 0.4) is 0 Å². The molecule has 5 nitrogen and oxygen atoms in total. The summed E-state index contributed by atoms with van der Waals surface area (Å²) in [5.41, 5.74) is 6.89. The number of carbonyl (C=O) groups excluding carboxylic acids is 1. The van der Waals surface area contributed by atoms with E-state index < -0.39 is 0 Å². The Hall–Kier alpha value is -2.45. The van der Waals surface area contributed by atoms with E-state index in [2.05, 4.69) is 68.1 Å². The number of halogens is 1. The van der Waals surface area contributed by atoms with Crippen molar-refractivity contribution in [3.8, 4) is 11.1 Å². The summed E-state index contributed by atoms with van der Waals surface area (Å²) in [6, 6.07) is 18.5. The van der Waals surface area contributed by atoms with Gasteiger partial charge >= 0.3 is 0 Å². The van der Waals surface area contributed by atoms with Crippen LogP contribution in [-0.4, -0.2) is 35.2 Å². The first-order valence-corrected chi connectivity index (χ1v) is 12.5. The predicted molar refractivity (Wildman–Crippen MR) is 137 cm³/mol. The summed E-state index contributed by atoms with van der Waals surface area (Å²) in [7, 11) is 0. The highest BCUT2D eigenvalue weighted by atomic mass is 127. The molecule has 2 heterocycles. The van der Waals surface area contributed by atoms with Crippen molar-refractivity contribution in [1.29, 1.82) is 0 Å². The molecule has 1 saturated heterocycles. The molecule has 1 amide bonds. The fourth-order valence-corrected chi connectivity index (χ4v) is 4.62. The zero-order valence-electron chi connectivity index (χ0n) is 18.2. The number of pyridine rings is 1. The second-order valence-electron chi connectivity index (χ2n) is 8.26. The number of nitrogens with zero attached hydrogens (tertiary/aromatic N) is 2. The van der Waals surface area contributed by atoms with Crippen LogP contribution in [0.5, 0.6) is 0 Å². The number of aliphatic hydroxyl groups excluding tert-OH is 1. The molecule has 1 atom stereocenters. The number of hydrogen-bond acceptors (Lipinski definition) is 4. The Morgan fingerprint density at radius 3 is 2.59 bits per heavy atom. The van der Waals surface area contributed by atoms with E-state index in [-0.39, 0.29) is 18.6 Å². The Bertz CT molecular complexity index is 1070. The first-order chi connectivity index (χ1) is 15.6. The Morgan fingerprint density at radius 2 is 1.91 bits per heavy atom. The molecule has 0 bridgehead atoms. The first kappa shape index (κ1) is 22.7. The molecule has 0 aliphatic carbocycles. The van der Waals surface area contributed by atoms with E-state index in [1.54, 1.807) is 6.20 Å². The van der Waals surface area contributed by atoms with Gasteiger partial charge in [-0.25, -0.2) is 0 Å². The maximum Gasteiger partial charge on any atom is 0.251 e. The molecule has 4 rings (SSSR count). The molecule has 2 aromatic carbocycles. The summed E-state index contributed by atoms with van der Waals surface area (Å²) < 4.78 is 0.964. The number of carbonyl (C=O) groups is 1. The van der Waals surface area contributed by atoms with Crippen LogP contribution in [-0.2, 0) is 11.0 Å². The number of hydrogen-bond donors (Lipinski definition) is 2. The monoisotopic (exact) mass is 541 g/mol. The highest BCUT2D eigenvalue weighted by Gasteiger charge is 2.25. The minimum Gasteiger partial charge on any atom is -0.394 e. The Kier molecular flexibility index (Phi) is 7.42. The number of aryl methyl sites for hydroxylation is 1. The first-order valence-electron chi connectivity index (χ1n) is 10.9. The van der Waals surface area contributed by atoms with E-state index in [0.717, 1.165) is 51.9 Å². The molecular formula is C26H28IN3O2. The molecular weight excluding hydrogens is 513 g/mol. The summed E-state index contributed by atoms with van der Waals surface area (Å²) in [6.07, 6.45) is 3.80. The van der Waals surface area contributed by atoms with Crippen LogP contribution < -0.4 is 10.2 Å². The molecule has 0 radical (unpaired) electrons. The number of nitrogens with one attached hydrogen (secondary N) is 1. The highest BCUT2D eigenvalue weighted by Crippen LogP contribution is 2.31. The largest absolute Gasteiger partial charge is 0.394 e. The van der Waals surface area contributed by atoms with Gasteiger partial charge in [0.05, 0.1) is 12.6 Å². The molecule has 6 heteroatoms. The number of anilines is 1. The van der Waals surface area contributed by atoms with Gasteiger partial charge in [-0.1, -0.05) is 52.9 Å². The van der Waals surface area contributed by atoms with Crippen LogP contribution in [0.15, 0.2) is 60.8 Å². The number of aliphatic hydroxyl groups is 1. The fraction of sp³-hybridized carbons (Fsp3) is 0.308. The van der Waals surface area contributed by atoms with Gasteiger partial charge in [-0.2, -0.15) is 0 Å². The molecule has 166 valence electrons. The minimum atomic E-state index is -0.114. The zero-order chi connectivity index (χ0) is 22.5. The number of aromatic nitrogens is 1. The van der Waals surface area contributed by atoms with Crippen LogP contribution in [0.1, 0.15) is 40.0 Å². The third-order valence-electron chi connectivity index (χ3n) is 5.97. The SMILES string of the molecule is Cc1ccc(CNC(=O)c2cc(-c3ccc(CI)cc3)cc(N3CCC[C@@H]3CO)c2)cn1. The quantitative estimate of drug-likeness (QED) is 0.331. The van der Waals surface area contributed by atoms with E-state index in [4.69, 9.17) is 0 Å². The lowest BCUT2D eigenvalue weighted by Crippen LogP contribution is -2.32. The average Bonchev–Trinajstić information content (AvgIpc) is 3.32. The molecule has 1 aliphatic rings. The smallest absolute Gasteiger partial charge is 0.251 e. The molecule has 3 aromatic rings. The van der Waals surface area contributed by atoms with Crippen LogP contribution in [0.2, 0.25) is 0 Å². The number of benzene rings is 2. The van der Waals surface area contributed by atoms with Crippen LogP contribution in [0.25, 0.3) is 11.1 Å². The van der Waals surface area contributed by atoms with Crippen molar-refractivity contribution in [3.05, 3.63) is 83.2 Å². The Balaban J connectivity index is 1.64. The lowest BCUT2D eigenvalue weighted by atomic mass is 10.00. The molecule has 1 fully saturated rings. The summed E-state index contributed by atoms with van der Waals surface area (Å²) in [6.45, 7) is 3.38. The normalized spacial score (nSPS) is 15.7. The van der Waals surface area contributed by atoms with Gasteiger partial charge in [-0.15, -0.1) is 0 Å². The third kappa shape index (κ3) is 5.30. The van der Waals surface area contributed by atoms with Crippen molar-refractivity contribution in [3.63, 3.8) is 0 Å². The molecule has 1 aromatic heterocycles. The molecule has 32 heavy (non-hydrogen) atoms. The van der Waals surface area contributed by atoms with Gasteiger partial charge in [-0.3, -0.25) is 9.78 Å². The van der Waals surface area contributed by atoms with E-state index in [9.17, 15) is 9.90 Å². The number of amides is 1. The van der Waals surface area contributed by atoms with Gasteiger partial charge in [0.2, 0.25) is 0 Å². The molecule has 2 N–H and O–H groups in total. The topological polar surface area (TPSA) is 65.5 Å². The second-order valence-corrected chi connectivity index (χ2v) is 9.02. The van der Waals surface area contributed by atoms with Gasteiger partial charge in [-0.05, 0) is 66.3 Å². The van der Waals surface area contributed by atoms with E-state index in [1.165, 1.54) is 5.56 Å². The molecule has 0 spiro atoms. The minimum absolute atomic E-state index is 0.0983. The van der Waals surface area contributed by atoms with Gasteiger partial charge < -0.3 is 15.3 Å². The van der Waals surface area contributed by atoms with E-state index >= 15 is 0 Å². The van der Waals surface area contributed by atoms with Crippen molar-refractivity contribution >= 4 is 34.2 Å².